The predicted molar refractivity (Wildman–Crippen MR) is 63.2 cm³/mol. The highest BCUT2D eigenvalue weighted by Gasteiger charge is 2.05. The minimum absolute atomic E-state index is 0.119. The van der Waals surface area contributed by atoms with Gasteiger partial charge in [0, 0.05) is 5.69 Å². The quantitative estimate of drug-likeness (QED) is 0.787. The van der Waals surface area contributed by atoms with Crippen molar-refractivity contribution in [1.82, 2.24) is 5.32 Å². The molecule has 0 aromatic heterocycles. The lowest BCUT2D eigenvalue weighted by atomic mass is 10.3. The van der Waals surface area contributed by atoms with Gasteiger partial charge in [-0.25, -0.2) is 4.79 Å². The monoisotopic (exact) mass is 264 g/mol. The van der Waals surface area contributed by atoms with Crippen molar-refractivity contribution < 1.29 is 4.79 Å². The van der Waals surface area contributed by atoms with E-state index < -0.39 is 6.03 Å². The molecule has 0 fully saturated rings. The minimum atomic E-state index is -0.509. The molecule has 0 saturated heterocycles. The zero-order valence-corrected chi connectivity index (χ0v) is 9.70. The summed E-state index contributed by atoms with van der Waals surface area (Å²) in [5.41, 5.74) is 0.644. The molecule has 80 valence electrons. The Labute approximate surface area is 102 Å². The fourth-order valence-electron chi connectivity index (χ4n) is 0.831. The first kappa shape index (κ1) is 12.2. The van der Waals surface area contributed by atoms with Gasteiger partial charge in [-0.05, 0) is 12.1 Å². The van der Waals surface area contributed by atoms with Crippen LogP contribution in [0.3, 0.4) is 0 Å². The molecule has 6 heteroatoms. The average molecular weight is 266 g/mol. The Hall–Kier alpha value is -0.900. The van der Waals surface area contributed by atoms with Gasteiger partial charge >= 0.3 is 6.03 Å². The molecule has 0 saturated carbocycles. The van der Waals surface area contributed by atoms with E-state index in [1.807, 2.05) is 6.07 Å². The van der Waals surface area contributed by atoms with Gasteiger partial charge in [-0.1, -0.05) is 53.0 Å². The van der Waals surface area contributed by atoms with Crippen LogP contribution in [0, 0.1) is 0 Å². The predicted octanol–water partition coefficient (Wildman–Crippen LogP) is 3.65. The normalized spacial score (nSPS) is 9.27. The number of amides is 2. The Morgan fingerprint density at radius 3 is 2.20 bits per heavy atom. The van der Waals surface area contributed by atoms with E-state index in [1.165, 1.54) is 0 Å². The lowest BCUT2D eigenvalue weighted by Gasteiger charge is -2.05. The summed E-state index contributed by atoms with van der Waals surface area (Å²) in [7, 11) is 0. The number of carbonyl (C=O) groups excluding carboxylic acids is 1. The van der Waals surface area contributed by atoms with Gasteiger partial charge in [0.15, 0.2) is 0 Å². The second kappa shape index (κ2) is 5.85. The number of halogens is 3. The molecule has 1 aromatic carbocycles. The summed E-state index contributed by atoms with van der Waals surface area (Å²) >= 11 is 16.2. The van der Waals surface area contributed by atoms with Crippen molar-refractivity contribution in [3.8, 4) is 0 Å². The van der Waals surface area contributed by atoms with Gasteiger partial charge in [-0.15, -0.1) is 0 Å². The van der Waals surface area contributed by atoms with E-state index >= 15 is 0 Å². The molecule has 0 aliphatic carbocycles. The number of para-hydroxylation sites is 1. The van der Waals surface area contributed by atoms with Crippen LogP contribution in [-0.2, 0) is 0 Å². The SMILES string of the molecule is O=C(NC(Cl)=C(Cl)Cl)Nc1ccccc1. The molecule has 1 rings (SSSR count). The zero-order chi connectivity index (χ0) is 11.3. The van der Waals surface area contributed by atoms with Gasteiger partial charge < -0.3 is 5.32 Å². The third kappa shape index (κ3) is 4.42. The summed E-state index contributed by atoms with van der Waals surface area (Å²) in [5.74, 6) is 0. The molecule has 0 atom stereocenters. The van der Waals surface area contributed by atoms with Gasteiger partial charge in [-0.2, -0.15) is 0 Å². The van der Waals surface area contributed by atoms with Crippen LogP contribution in [0.2, 0.25) is 0 Å². The molecule has 0 radical (unpaired) electrons. The molecule has 1 aromatic rings. The molecule has 0 spiro atoms. The van der Waals surface area contributed by atoms with Crippen LogP contribution >= 0.6 is 34.8 Å². The third-order valence-corrected chi connectivity index (χ3v) is 2.28. The highest BCUT2D eigenvalue weighted by molar-refractivity contribution is 6.59. The van der Waals surface area contributed by atoms with Crippen LogP contribution < -0.4 is 10.6 Å². The molecule has 0 aliphatic heterocycles. The van der Waals surface area contributed by atoms with Crippen molar-refractivity contribution in [2.24, 2.45) is 0 Å². The molecule has 2 N–H and O–H groups in total. The topological polar surface area (TPSA) is 41.1 Å². The fourth-order valence-corrected chi connectivity index (χ4v) is 1.01. The Morgan fingerprint density at radius 2 is 1.67 bits per heavy atom. The van der Waals surface area contributed by atoms with Crippen molar-refractivity contribution in [2.75, 3.05) is 5.32 Å². The summed E-state index contributed by atoms with van der Waals surface area (Å²) in [6.07, 6.45) is 0. The highest BCUT2D eigenvalue weighted by Crippen LogP contribution is 2.15. The molecule has 2 amide bonds. The van der Waals surface area contributed by atoms with Crippen molar-refractivity contribution in [3.63, 3.8) is 0 Å². The number of hydrogen-bond donors (Lipinski definition) is 2. The Balaban J connectivity index is 2.55. The number of urea groups is 1. The maximum absolute atomic E-state index is 11.3. The van der Waals surface area contributed by atoms with Crippen molar-refractivity contribution >= 4 is 46.5 Å². The van der Waals surface area contributed by atoms with Gasteiger partial charge in [-0.3, -0.25) is 5.32 Å². The van der Waals surface area contributed by atoms with Gasteiger partial charge in [0.2, 0.25) is 0 Å². The molecule has 3 nitrogen and oxygen atoms in total. The summed E-state index contributed by atoms with van der Waals surface area (Å²) in [6.45, 7) is 0. The maximum Gasteiger partial charge on any atom is 0.324 e. The van der Waals surface area contributed by atoms with Crippen LogP contribution in [0.1, 0.15) is 0 Å². The number of anilines is 1. The third-order valence-electron chi connectivity index (χ3n) is 1.42. The number of benzene rings is 1. The van der Waals surface area contributed by atoms with Crippen molar-refractivity contribution in [3.05, 3.63) is 40.0 Å². The summed E-state index contributed by atoms with van der Waals surface area (Å²) in [4.78, 5) is 11.3. The van der Waals surface area contributed by atoms with Crippen molar-refractivity contribution in [2.45, 2.75) is 0 Å². The van der Waals surface area contributed by atoms with E-state index in [-0.39, 0.29) is 9.65 Å². The van der Waals surface area contributed by atoms with E-state index in [4.69, 9.17) is 34.8 Å². The summed E-state index contributed by atoms with van der Waals surface area (Å²) < 4.78 is -0.195. The van der Waals surface area contributed by atoms with E-state index in [9.17, 15) is 4.79 Å². The number of rotatable bonds is 2. The first-order valence-corrected chi connectivity index (χ1v) is 5.07. The Kier molecular flexibility index (Phi) is 4.75. The van der Waals surface area contributed by atoms with E-state index in [1.54, 1.807) is 24.3 Å². The van der Waals surface area contributed by atoms with E-state index in [0.29, 0.717) is 5.69 Å². The summed E-state index contributed by atoms with van der Waals surface area (Å²) in [5, 5.41) is 4.68. The largest absolute Gasteiger partial charge is 0.324 e. The smallest absolute Gasteiger partial charge is 0.308 e. The Bertz CT molecular complexity index is 374. The van der Waals surface area contributed by atoms with Crippen LogP contribution in [-0.4, -0.2) is 6.03 Å². The van der Waals surface area contributed by atoms with Crippen LogP contribution in [0.25, 0.3) is 0 Å². The maximum atomic E-state index is 11.3. The van der Waals surface area contributed by atoms with Gasteiger partial charge in [0.1, 0.15) is 9.65 Å². The van der Waals surface area contributed by atoms with E-state index in [2.05, 4.69) is 10.6 Å². The van der Waals surface area contributed by atoms with Crippen LogP contribution in [0.5, 0.6) is 0 Å². The second-order valence-corrected chi connectivity index (χ2v) is 3.85. The number of nitrogens with one attached hydrogen (secondary N) is 2. The van der Waals surface area contributed by atoms with Crippen LogP contribution in [0.15, 0.2) is 40.0 Å². The second-order valence-electron chi connectivity index (χ2n) is 2.52. The summed E-state index contributed by atoms with van der Waals surface area (Å²) in [6, 6.07) is 8.39. The Morgan fingerprint density at radius 1 is 1.07 bits per heavy atom. The first-order chi connectivity index (χ1) is 7.09. The van der Waals surface area contributed by atoms with E-state index in [0.717, 1.165) is 0 Å². The molecule has 0 aliphatic rings. The van der Waals surface area contributed by atoms with Crippen LogP contribution in [0.4, 0.5) is 10.5 Å². The van der Waals surface area contributed by atoms with Gasteiger partial charge in [0.05, 0.1) is 0 Å². The minimum Gasteiger partial charge on any atom is -0.308 e. The number of hydrogen-bond acceptors (Lipinski definition) is 1. The van der Waals surface area contributed by atoms with Crippen molar-refractivity contribution in [1.29, 1.82) is 0 Å². The zero-order valence-electron chi connectivity index (χ0n) is 7.43. The van der Waals surface area contributed by atoms with Gasteiger partial charge in [0.25, 0.3) is 0 Å². The standard InChI is InChI=1S/C9H7Cl3N2O/c10-7(11)8(12)14-9(15)13-6-4-2-1-3-5-6/h1-5H,(H2,13,14,15). The molecule has 0 unspecified atom stereocenters. The molecule has 0 heterocycles. The lowest BCUT2D eigenvalue weighted by Crippen LogP contribution is -2.26. The lowest BCUT2D eigenvalue weighted by molar-refractivity contribution is 0.255. The highest BCUT2D eigenvalue weighted by atomic mass is 35.5. The molecule has 15 heavy (non-hydrogen) atoms. The molecular formula is C9H7Cl3N2O. The number of carbonyl (C=O) groups is 1. The first-order valence-electron chi connectivity index (χ1n) is 3.93. The fraction of sp³-hybridized carbons (Fsp3) is 0. The molecular weight excluding hydrogens is 258 g/mol. The average Bonchev–Trinajstić information content (AvgIpc) is 2.18. The molecule has 0 bridgehead atoms.